The summed E-state index contributed by atoms with van der Waals surface area (Å²) >= 11 is 0. The molecule has 148 valence electrons. The van der Waals surface area contributed by atoms with E-state index in [2.05, 4.69) is 5.10 Å². The molecule has 29 heavy (non-hydrogen) atoms. The van der Waals surface area contributed by atoms with Gasteiger partial charge in [-0.2, -0.15) is 5.10 Å². The number of carbonyl (C=O) groups excluding carboxylic acids is 2. The van der Waals surface area contributed by atoms with Crippen molar-refractivity contribution in [3.63, 3.8) is 0 Å². The standard InChI is InChI=1S/C23H24N4O2/c28-16-26(19-11-12-19)18-9-7-17(8-10-18)21-5-4-6-22-20(15-24-27(21)22)23(29)25-13-2-1-3-14-25/h4-10,15-16,19H,1-3,11-14H2. The minimum Gasteiger partial charge on any atom is -0.339 e. The third-order valence-corrected chi connectivity index (χ3v) is 5.93. The van der Waals surface area contributed by atoms with Crippen molar-refractivity contribution in [2.24, 2.45) is 0 Å². The van der Waals surface area contributed by atoms with Crippen LogP contribution >= 0.6 is 0 Å². The Morgan fingerprint density at radius 3 is 2.48 bits per heavy atom. The zero-order chi connectivity index (χ0) is 19.8. The quantitative estimate of drug-likeness (QED) is 0.626. The molecule has 5 rings (SSSR count). The molecule has 1 aliphatic heterocycles. The predicted molar refractivity (Wildman–Crippen MR) is 112 cm³/mol. The molecule has 2 fully saturated rings. The van der Waals surface area contributed by atoms with E-state index in [0.29, 0.717) is 11.6 Å². The number of rotatable bonds is 5. The third kappa shape index (κ3) is 3.28. The van der Waals surface area contributed by atoms with Crippen molar-refractivity contribution in [1.29, 1.82) is 0 Å². The van der Waals surface area contributed by atoms with Gasteiger partial charge in [-0.3, -0.25) is 9.59 Å². The summed E-state index contributed by atoms with van der Waals surface area (Å²) < 4.78 is 1.84. The van der Waals surface area contributed by atoms with Crippen LogP contribution in [0.3, 0.4) is 0 Å². The van der Waals surface area contributed by atoms with Gasteiger partial charge < -0.3 is 9.80 Å². The highest BCUT2D eigenvalue weighted by Crippen LogP contribution is 2.32. The lowest BCUT2D eigenvalue weighted by molar-refractivity contribution is -0.107. The number of benzene rings is 1. The monoisotopic (exact) mass is 388 g/mol. The van der Waals surface area contributed by atoms with E-state index in [4.69, 9.17) is 0 Å². The fraction of sp³-hybridized carbons (Fsp3) is 0.348. The van der Waals surface area contributed by atoms with Gasteiger partial charge in [0.15, 0.2) is 0 Å². The Morgan fingerprint density at radius 2 is 1.79 bits per heavy atom. The van der Waals surface area contributed by atoms with Crippen LogP contribution in [-0.4, -0.2) is 46.0 Å². The fourth-order valence-corrected chi connectivity index (χ4v) is 4.18. The predicted octanol–water partition coefficient (Wildman–Crippen LogP) is 3.75. The molecule has 0 spiro atoms. The van der Waals surface area contributed by atoms with Crippen LogP contribution in [0.2, 0.25) is 0 Å². The highest BCUT2D eigenvalue weighted by Gasteiger charge is 2.29. The van der Waals surface area contributed by atoms with Gasteiger partial charge in [0.2, 0.25) is 6.41 Å². The summed E-state index contributed by atoms with van der Waals surface area (Å²) in [6.07, 6.45) is 8.08. The first-order valence-electron chi connectivity index (χ1n) is 10.4. The number of nitrogens with zero attached hydrogens (tertiary/aromatic N) is 4. The first-order chi connectivity index (χ1) is 14.3. The summed E-state index contributed by atoms with van der Waals surface area (Å²) in [7, 11) is 0. The molecule has 0 bridgehead atoms. The fourth-order valence-electron chi connectivity index (χ4n) is 4.18. The number of amides is 2. The maximum atomic E-state index is 13.0. The Morgan fingerprint density at radius 1 is 1.03 bits per heavy atom. The summed E-state index contributed by atoms with van der Waals surface area (Å²) in [5, 5.41) is 4.53. The molecule has 0 radical (unpaired) electrons. The number of anilines is 1. The highest BCUT2D eigenvalue weighted by atomic mass is 16.2. The second-order valence-electron chi connectivity index (χ2n) is 7.91. The summed E-state index contributed by atoms with van der Waals surface area (Å²) in [5.41, 5.74) is 4.33. The summed E-state index contributed by atoms with van der Waals surface area (Å²) in [6, 6.07) is 14.2. The van der Waals surface area contributed by atoms with Gasteiger partial charge in [0, 0.05) is 30.4 Å². The second-order valence-corrected chi connectivity index (χ2v) is 7.91. The van der Waals surface area contributed by atoms with Gasteiger partial charge in [-0.15, -0.1) is 0 Å². The van der Waals surface area contributed by atoms with Gasteiger partial charge in [-0.1, -0.05) is 18.2 Å². The first kappa shape index (κ1) is 17.9. The van der Waals surface area contributed by atoms with Crippen LogP contribution in [0.5, 0.6) is 0 Å². The highest BCUT2D eigenvalue weighted by molar-refractivity contribution is 6.01. The van der Waals surface area contributed by atoms with Crippen LogP contribution in [0, 0.1) is 0 Å². The molecule has 3 aromatic rings. The SMILES string of the molecule is O=CN(c1ccc(-c2cccc3c(C(=O)N4CCCCC4)cnn23)cc1)C1CC1. The Bertz CT molecular complexity index is 1050. The van der Waals surface area contributed by atoms with Crippen molar-refractivity contribution in [1.82, 2.24) is 14.5 Å². The summed E-state index contributed by atoms with van der Waals surface area (Å²) in [6.45, 7) is 1.65. The van der Waals surface area contributed by atoms with E-state index in [1.54, 1.807) is 11.1 Å². The zero-order valence-electron chi connectivity index (χ0n) is 16.3. The maximum Gasteiger partial charge on any atom is 0.257 e. The number of likely N-dealkylation sites (tertiary alicyclic amines) is 1. The van der Waals surface area contributed by atoms with Crippen molar-refractivity contribution < 1.29 is 9.59 Å². The van der Waals surface area contributed by atoms with E-state index in [9.17, 15) is 9.59 Å². The third-order valence-electron chi connectivity index (χ3n) is 5.93. The molecule has 6 nitrogen and oxygen atoms in total. The molecular weight excluding hydrogens is 364 g/mol. The van der Waals surface area contributed by atoms with Crippen LogP contribution in [0.1, 0.15) is 42.5 Å². The normalized spacial score (nSPS) is 16.8. The largest absolute Gasteiger partial charge is 0.339 e. The molecule has 0 atom stereocenters. The van der Waals surface area contributed by atoms with Gasteiger partial charge in [-0.25, -0.2) is 4.52 Å². The molecule has 1 aromatic carbocycles. The lowest BCUT2D eigenvalue weighted by Gasteiger charge is -2.26. The van der Waals surface area contributed by atoms with Gasteiger partial charge in [0.25, 0.3) is 5.91 Å². The van der Waals surface area contributed by atoms with Crippen molar-refractivity contribution >= 4 is 23.5 Å². The number of piperidine rings is 1. The van der Waals surface area contributed by atoms with Crippen molar-refractivity contribution in [3.05, 3.63) is 54.2 Å². The van der Waals surface area contributed by atoms with E-state index in [1.165, 1.54) is 6.42 Å². The molecule has 6 heteroatoms. The molecule has 1 saturated carbocycles. The summed E-state index contributed by atoms with van der Waals surface area (Å²) in [5.74, 6) is 0.0678. The maximum absolute atomic E-state index is 13.0. The Kier molecular flexibility index (Phi) is 4.54. The molecule has 2 amide bonds. The van der Waals surface area contributed by atoms with Gasteiger partial charge in [-0.05, 0) is 56.4 Å². The molecule has 2 aromatic heterocycles. The van der Waals surface area contributed by atoms with Crippen LogP contribution in [0.25, 0.3) is 16.8 Å². The van der Waals surface area contributed by atoms with E-state index < -0.39 is 0 Å². The average molecular weight is 388 g/mol. The van der Waals surface area contributed by atoms with Gasteiger partial charge in [0.1, 0.15) is 0 Å². The topological polar surface area (TPSA) is 57.9 Å². The van der Waals surface area contributed by atoms with Crippen LogP contribution in [-0.2, 0) is 4.79 Å². The number of hydrogen-bond acceptors (Lipinski definition) is 3. The Hall–Kier alpha value is -3.15. The molecule has 0 unspecified atom stereocenters. The zero-order valence-corrected chi connectivity index (χ0v) is 16.3. The van der Waals surface area contributed by atoms with Crippen LogP contribution in [0.4, 0.5) is 5.69 Å². The van der Waals surface area contributed by atoms with Crippen molar-refractivity contribution in [3.8, 4) is 11.3 Å². The number of hydrogen-bond donors (Lipinski definition) is 0. The lowest BCUT2D eigenvalue weighted by Crippen LogP contribution is -2.35. The minimum atomic E-state index is 0.0678. The molecule has 0 N–H and O–H groups in total. The Balaban J connectivity index is 1.47. The van der Waals surface area contributed by atoms with Crippen molar-refractivity contribution in [2.75, 3.05) is 18.0 Å². The van der Waals surface area contributed by atoms with Crippen LogP contribution < -0.4 is 4.90 Å². The molecule has 1 aliphatic carbocycles. The van der Waals surface area contributed by atoms with E-state index in [0.717, 1.165) is 67.6 Å². The number of carbonyl (C=O) groups is 2. The molecule has 3 heterocycles. The van der Waals surface area contributed by atoms with E-state index >= 15 is 0 Å². The number of fused-ring (bicyclic) bond motifs is 1. The number of aromatic nitrogens is 2. The van der Waals surface area contributed by atoms with E-state index in [1.807, 2.05) is 51.9 Å². The van der Waals surface area contributed by atoms with Gasteiger partial charge >= 0.3 is 0 Å². The van der Waals surface area contributed by atoms with Crippen LogP contribution in [0.15, 0.2) is 48.7 Å². The smallest absolute Gasteiger partial charge is 0.257 e. The summed E-state index contributed by atoms with van der Waals surface area (Å²) in [4.78, 5) is 28.1. The molecule has 2 aliphatic rings. The lowest BCUT2D eigenvalue weighted by atomic mass is 10.1. The average Bonchev–Trinajstić information content (AvgIpc) is 3.52. The van der Waals surface area contributed by atoms with Crippen molar-refractivity contribution in [2.45, 2.75) is 38.1 Å². The Labute approximate surface area is 169 Å². The molecular formula is C23H24N4O2. The minimum absolute atomic E-state index is 0.0678. The second kappa shape index (κ2) is 7.35. The van der Waals surface area contributed by atoms with E-state index in [-0.39, 0.29) is 5.91 Å². The number of pyridine rings is 1. The first-order valence-corrected chi connectivity index (χ1v) is 10.4. The molecule has 1 saturated heterocycles. The van der Waals surface area contributed by atoms with Gasteiger partial charge in [0.05, 0.1) is 23.0 Å².